The van der Waals surface area contributed by atoms with Gasteiger partial charge in [0.1, 0.15) is 5.82 Å². The molecule has 2 N–H and O–H groups in total. The van der Waals surface area contributed by atoms with Crippen molar-refractivity contribution < 1.29 is 18.0 Å². The summed E-state index contributed by atoms with van der Waals surface area (Å²) in [6.07, 6.45) is -0.494. The van der Waals surface area contributed by atoms with Crippen molar-refractivity contribution in [1.29, 1.82) is 0 Å². The zero-order chi connectivity index (χ0) is 24.3. The van der Waals surface area contributed by atoms with Crippen LogP contribution >= 0.6 is 0 Å². The number of alkyl halides is 2. The van der Waals surface area contributed by atoms with Gasteiger partial charge in [-0.15, -0.1) is 0 Å². The number of nitrogens with one attached hydrogen (secondary N) is 2. The third-order valence-electron chi connectivity index (χ3n) is 7.56. The lowest BCUT2D eigenvalue weighted by molar-refractivity contribution is 0.0939. The summed E-state index contributed by atoms with van der Waals surface area (Å²) in [7, 11) is 2.07. The lowest BCUT2D eigenvalue weighted by Gasteiger charge is -2.20. The molecule has 34 heavy (non-hydrogen) atoms. The quantitative estimate of drug-likeness (QED) is 0.638. The number of likely N-dealkylation sites (tertiary alicyclic amines) is 1. The second-order valence-corrected chi connectivity index (χ2v) is 10.1. The first-order chi connectivity index (χ1) is 16.2. The fraction of sp³-hybridized carbons (Fsp3) is 0.520. The maximum absolute atomic E-state index is 14.6. The van der Waals surface area contributed by atoms with E-state index in [0.717, 1.165) is 25.6 Å². The SMILES string of the molecule is C[C@@H]1C[C@@H]1n1cc(C(=O)N[C@H](C)c2cccc(C(F)F)c2F)c(N[C@@H]2[C@@H]3CN(C)C[C@@H]32)cc1=O. The van der Waals surface area contributed by atoms with E-state index in [1.807, 2.05) is 6.92 Å². The van der Waals surface area contributed by atoms with Crippen molar-refractivity contribution in [1.82, 2.24) is 14.8 Å². The Balaban J connectivity index is 1.41. The van der Waals surface area contributed by atoms with Gasteiger partial charge in [-0.05, 0) is 38.1 Å². The molecule has 1 aromatic heterocycles. The summed E-state index contributed by atoms with van der Waals surface area (Å²) in [6, 6.07) is 4.67. The van der Waals surface area contributed by atoms with E-state index in [1.165, 1.54) is 18.2 Å². The highest BCUT2D eigenvalue weighted by Gasteiger charge is 2.55. The van der Waals surface area contributed by atoms with Gasteiger partial charge in [-0.2, -0.15) is 0 Å². The van der Waals surface area contributed by atoms with Crippen molar-refractivity contribution in [2.45, 2.75) is 44.8 Å². The number of anilines is 1. The van der Waals surface area contributed by atoms with Crippen molar-refractivity contribution in [3.63, 3.8) is 0 Å². The van der Waals surface area contributed by atoms with Gasteiger partial charge in [-0.1, -0.05) is 25.1 Å². The number of aromatic nitrogens is 1. The van der Waals surface area contributed by atoms with E-state index in [2.05, 4.69) is 22.6 Å². The smallest absolute Gasteiger partial charge is 0.266 e. The predicted octanol–water partition coefficient (Wildman–Crippen LogP) is 3.97. The molecule has 6 nitrogen and oxygen atoms in total. The number of hydrogen-bond donors (Lipinski definition) is 2. The molecule has 0 radical (unpaired) electrons. The molecule has 2 saturated carbocycles. The van der Waals surface area contributed by atoms with Gasteiger partial charge in [0.05, 0.1) is 22.9 Å². The highest BCUT2D eigenvalue weighted by Crippen LogP contribution is 2.47. The molecule has 0 bridgehead atoms. The average molecular weight is 475 g/mol. The van der Waals surface area contributed by atoms with Gasteiger partial charge in [-0.25, -0.2) is 13.2 Å². The molecule has 1 aliphatic heterocycles. The minimum absolute atomic E-state index is 0.00967. The maximum Gasteiger partial charge on any atom is 0.266 e. The van der Waals surface area contributed by atoms with Crippen molar-refractivity contribution >= 4 is 11.6 Å². The van der Waals surface area contributed by atoms with Crippen molar-refractivity contribution in [2.75, 3.05) is 25.5 Å². The van der Waals surface area contributed by atoms with E-state index in [-0.39, 0.29) is 23.2 Å². The van der Waals surface area contributed by atoms with E-state index in [1.54, 1.807) is 17.7 Å². The summed E-state index contributed by atoms with van der Waals surface area (Å²) in [4.78, 5) is 28.4. The Morgan fingerprint density at radius 3 is 2.44 bits per heavy atom. The molecule has 3 aliphatic rings. The van der Waals surface area contributed by atoms with Crippen molar-refractivity contribution in [2.24, 2.45) is 17.8 Å². The Hall–Kier alpha value is -2.81. The van der Waals surface area contributed by atoms with Crippen LogP contribution in [0.25, 0.3) is 0 Å². The van der Waals surface area contributed by atoms with Crippen LogP contribution < -0.4 is 16.2 Å². The summed E-state index contributed by atoms with van der Waals surface area (Å²) < 4.78 is 42.5. The van der Waals surface area contributed by atoms with Crippen molar-refractivity contribution in [3.05, 3.63) is 63.3 Å². The van der Waals surface area contributed by atoms with Gasteiger partial charge in [-0.3, -0.25) is 9.59 Å². The van der Waals surface area contributed by atoms with Crippen LogP contribution in [0.1, 0.15) is 60.3 Å². The van der Waals surface area contributed by atoms with Crippen LogP contribution in [0.5, 0.6) is 0 Å². The molecule has 5 rings (SSSR count). The molecule has 1 aromatic carbocycles. The third-order valence-corrected chi connectivity index (χ3v) is 7.56. The summed E-state index contributed by atoms with van der Waals surface area (Å²) in [5.74, 6) is -0.179. The molecular formula is C25H29F3N4O2. The molecular weight excluding hydrogens is 445 g/mol. The Bertz CT molecular complexity index is 1170. The standard InChI is InChI=1S/C25H29F3N4O2/c1-12-7-20(12)32-11-18(19(8-21(32)33)30-23-16-9-31(3)10-17(16)23)25(34)29-13(2)14-5-4-6-15(22(14)26)24(27)28/h4-6,8,11-13,16-17,20,23-24,30H,7,9-10H2,1-3H3,(H,29,34)/t12-,13-,16-,17+,20+,23-/m1/s1. The lowest BCUT2D eigenvalue weighted by Crippen LogP contribution is -2.32. The molecule has 0 unspecified atom stereocenters. The Morgan fingerprint density at radius 1 is 1.18 bits per heavy atom. The van der Waals surface area contributed by atoms with Gasteiger partial charge in [0.15, 0.2) is 0 Å². The van der Waals surface area contributed by atoms with Crippen LogP contribution in [0.3, 0.4) is 0 Å². The minimum atomic E-state index is -2.94. The van der Waals surface area contributed by atoms with Crippen LogP contribution in [-0.4, -0.2) is 41.6 Å². The maximum atomic E-state index is 14.6. The number of halogens is 3. The second kappa shape index (κ2) is 8.45. The number of nitrogens with zero attached hydrogens (tertiary/aromatic N) is 2. The Kier molecular flexibility index (Phi) is 5.70. The number of amides is 1. The zero-order valence-electron chi connectivity index (χ0n) is 19.4. The Morgan fingerprint density at radius 2 is 1.82 bits per heavy atom. The van der Waals surface area contributed by atoms with Crippen LogP contribution in [0.4, 0.5) is 18.9 Å². The fourth-order valence-corrected chi connectivity index (χ4v) is 5.35. The summed E-state index contributed by atoms with van der Waals surface area (Å²) in [6.45, 7) is 5.54. The number of carbonyl (C=O) groups is 1. The normalized spacial score (nSPS) is 28.5. The van der Waals surface area contributed by atoms with Gasteiger partial charge >= 0.3 is 0 Å². The van der Waals surface area contributed by atoms with E-state index < -0.39 is 29.8 Å². The van der Waals surface area contributed by atoms with E-state index in [9.17, 15) is 22.8 Å². The van der Waals surface area contributed by atoms with Crippen LogP contribution in [0.15, 0.2) is 35.3 Å². The Labute approximate surface area is 196 Å². The summed E-state index contributed by atoms with van der Waals surface area (Å²) >= 11 is 0. The van der Waals surface area contributed by atoms with Gasteiger partial charge < -0.3 is 20.1 Å². The highest BCUT2D eigenvalue weighted by atomic mass is 19.3. The monoisotopic (exact) mass is 474 g/mol. The molecule has 0 spiro atoms. The first kappa shape index (κ1) is 23.0. The van der Waals surface area contributed by atoms with E-state index >= 15 is 0 Å². The first-order valence-electron chi connectivity index (χ1n) is 11.7. The molecule has 2 aliphatic carbocycles. The molecule has 1 amide bonds. The highest BCUT2D eigenvalue weighted by molar-refractivity contribution is 5.99. The number of pyridine rings is 1. The third kappa shape index (κ3) is 4.10. The largest absolute Gasteiger partial charge is 0.381 e. The average Bonchev–Trinajstić information content (AvgIpc) is 3.60. The van der Waals surface area contributed by atoms with E-state index in [4.69, 9.17) is 0 Å². The first-order valence-corrected chi connectivity index (χ1v) is 11.7. The molecule has 6 atom stereocenters. The summed E-state index contributed by atoms with van der Waals surface area (Å²) in [5.41, 5.74) is -0.107. The van der Waals surface area contributed by atoms with Crippen LogP contribution in [0, 0.1) is 23.6 Å². The zero-order valence-corrected chi connectivity index (χ0v) is 19.4. The van der Waals surface area contributed by atoms with Gasteiger partial charge in [0.2, 0.25) is 0 Å². The van der Waals surface area contributed by atoms with Gasteiger partial charge in [0.25, 0.3) is 17.9 Å². The van der Waals surface area contributed by atoms with Crippen molar-refractivity contribution in [3.8, 4) is 0 Å². The van der Waals surface area contributed by atoms with Crippen LogP contribution in [-0.2, 0) is 0 Å². The molecule has 1 saturated heterocycles. The number of hydrogen-bond acceptors (Lipinski definition) is 4. The summed E-state index contributed by atoms with van der Waals surface area (Å²) in [5, 5.41) is 6.14. The van der Waals surface area contributed by atoms with E-state index in [0.29, 0.717) is 29.0 Å². The topological polar surface area (TPSA) is 66.4 Å². The number of carbonyl (C=O) groups excluding carboxylic acids is 1. The fourth-order valence-electron chi connectivity index (χ4n) is 5.35. The predicted molar refractivity (Wildman–Crippen MR) is 123 cm³/mol. The minimum Gasteiger partial charge on any atom is -0.381 e. The number of benzene rings is 1. The number of rotatable bonds is 7. The second-order valence-electron chi connectivity index (χ2n) is 10.1. The molecule has 2 heterocycles. The molecule has 2 aromatic rings. The molecule has 9 heteroatoms. The molecule has 182 valence electrons. The lowest BCUT2D eigenvalue weighted by atomic mass is 10.0. The number of piperidine rings is 1. The number of fused-ring (bicyclic) bond motifs is 1. The van der Waals surface area contributed by atoms with Gasteiger partial charge in [0, 0.05) is 43.0 Å². The molecule has 3 fully saturated rings. The van der Waals surface area contributed by atoms with Crippen LogP contribution in [0.2, 0.25) is 0 Å².